The molecule has 0 aromatic heterocycles. The SMILES string of the molecule is Cl.Cl.Oc1ccc(SC(F)(F)F)cc1[C@H](CF)N1CCNCC1. The fourth-order valence-electron chi connectivity index (χ4n) is 2.37. The van der Waals surface area contributed by atoms with Crippen LogP contribution < -0.4 is 5.32 Å². The van der Waals surface area contributed by atoms with Crippen molar-refractivity contribution in [3.05, 3.63) is 23.8 Å². The molecule has 0 spiro atoms. The number of piperazine rings is 1. The van der Waals surface area contributed by atoms with Crippen LogP contribution in [0.3, 0.4) is 0 Å². The van der Waals surface area contributed by atoms with E-state index >= 15 is 0 Å². The van der Waals surface area contributed by atoms with Gasteiger partial charge in [-0.2, -0.15) is 13.2 Å². The van der Waals surface area contributed by atoms with Crippen LogP contribution in [0.2, 0.25) is 0 Å². The van der Waals surface area contributed by atoms with Crippen molar-refractivity contribution in [2.45, 2.75) is 16.4 Å². The van der Waals surface area contributed by atoms with Gasteiger partial charge in [-0.25, -0.2) is 4.39 Å². The van der Waals surface area contributed by atoms with Gasteiger partial charge in [0.2, 0.25) is 0 Å². The fourth-order valence-corrected chi connectivity index (χ4v) is 2.96. The summed E-state index contributed by atoms with van der Waals surface area (Å²) in [6.07, 6.45) is 0. The lowest BCUT2D eigenvalue weighted by Crippen LogP contribution is -2.45. The first-order valence-corrected chi connectivity index (χ1v) is 7.32. The van der Waals surface area contributed by atoms with Crippen molar-refractivity contribution >= 4 is 36.6 Å². The first-order chi connectivity index (χ1) is 9.90. The Labute approximate surface area is 148 Å². The van der Waals surface area contributed by atoms with Crippen LogP contribution in [0.5, 0.6) is 5.75 Å². The van der Waals surface area contributed by atoms with Crippen LogP contribution in [0.25, 0.3) is 0 Å². The predicted molar refractivity (Wildman–Crippen MR) is 87.7 cm³/mol. The highest BCUT2D eigenvalue weighted by molar-refractivity contribution is 8.00. The molecule has 134 valence electrons. The molecule has 1 saturated heterocycles. The Morgan fingerprint density at radius 2 is 1.83 bits per heavy atom. The summed E-state index contributed by atoms with van der Waals surface area (Å²) in [6, 6.07) is 2.87. The van der Waals surface area contributed by atoms with Gasteiger partial charge in [0.05, 0.1) is 6.04 Å². The monoisotopic (exact) mass is 396 g/mol. The Morgan fingerprint density at radius 1 is 1.22 bits per heavy atom. The zero-order valence-corrected chi connectivity index (χ0v) is 14.4. The van der Waals surface area contributed by atoms with Gasteiger partial charge in [0.15, 0.2) is 0 Å². The summed E-state index contributed by atoms with van der Waals surface area (Å²) in [6.45, 7) is 1.80. The molecular formula is C13H18Cl2F4N2OS. The molecule has 1 aliphatic heterocycles. The summed E-state index contributed by atoms with van der Waals surface area (Å²) in [4.78, 5) is 1.78. The standard InChI is InChI=1S/C13H16F4N2OS.2ClH/c14-8-11(19-5-3-18-4-6-19)10-7-9(1-2-12(10)20)21-13(15,16)17;;/h1-2,7,11,18,20H,3-6,8H2;2*1H/t11-;;/m0../s1. The maximum atomic E-state index is 13.4. The molecule has 0 aliphatic carbocycles. The van der Waals surface area contributed by atoms with E-state index in [1.165, 1.54) is 18.2 Å². The van der Waals surface area contributed by atoms with Crippen molar-refractivity contribution in [3.63, 3.8) is 0 Å². The van der Waals surface area contributed by atoms with E-state index in [-0.39, 0.29) is 52.8 Å². The number of halogens is 6. The zero-order valence-electron chi connectivity index (χ0n) is 12.0. The minimum Gasteiger partial charge on any atom is -0.508 e. The molecule has 1 heterocycles. The summed E-state index contributed by atoms with van der Waals surface area (Å²) >= 11 is -0.266. The van der Waals surface area contributed by atoms with Crippen LogP contribution in [0.1, 0.15) is 11.6 Å². The average molecular weight is 397 g/mol. The van der Waals surface area contributed by atoms with E-state index in [1.807, 2.05) is 4.90 Å². The minimum absolute atomic E-state index is 0. The third-order valence-electron chi connectivity index (χ3n) is 3.33. The van der Waals surface area contributed by atoms with Crippen molar-refractivity contribution in [1.29, 1.82) is 0 Å². The van der Waals surface area contributed by atoms with Gasteiger partial charge in [0.25, 0.3) is 0 Å². The molecule has 1 aromatic rings. The third kappa shape index (κ3) is 6.54. The lowest BCUT2D eigenvalue weighted by Gasteiger charge is -2.34. The largest absolute Gasteiger partial charge is 0.508 e. The van der Waals surface area contributed by atoms with Gasteiger partial charge >= 0.3 is 5.51 Å². The molecule has 0 bridgehead atoms. The Bertz CT molecular complexity index is 488. The molecule has 1 fully saturated rings. The normalized spacial score (nSPS) is 17.0. The van der Waals surface area contributed by atoms with Crippen molar-refractivity contribution in [1.82, 2.24) is 10.2 Å². The van der Waals surface area contributed by atoms with Crippen LogP contribution in [0.15, 0.2) is 23.1 Å². The Balaban J connectivity index is 0.00000242. The second kappa shape index (κ2) is 9.78. The van der Waals surface area contributed by atoms with Crippen LogP contribution in [0, 0.1) is 0 Å². The van der Waals surface area contributed by atoms with Crippen molar-refractivity contribution < 1.29 is 22.7 Å². The first-order valence-electron chi connectivity index (χ1n) is 6.50. The number of phenols is 1. The highest BCUT2D eigenvalue weighted by atomic mass is 35.5. The van der Waals surface area contributed by atoms with Crippen LogP contribution in [0.4, 0.5) is 17.6 Å². The lowest BCUT2D eigenvalue weighted by molar-refractivity contribution is -0.0328. The quantitative estimate of drug-likeness (QED) is 0.599. The van der Waals surface area contributed by atoms with E-state index in [0.29, 0.717) is 26.2 Å². The number of nitrogens with zero attached hydrogens (tertiary/aromatic N) is 1. The molecule has 0 amide bonds. The van der Waals surface area contributed by atoms with Gasteiger partial charge in [0.1, 0.15) is 12.4 Å². The topological polar surface area (TPSA) is 35.5 Å². The molecule has 2 N–H and O–H groups in total. The number of benzene rings is 1. The number of hydrogen-bond donors (Lipinski definition) is 2. The summed E-state index contributed by atoms with van der Waals surface area (Å²) < 4.78 is 50.6. The number of alkyl halides is 4. The molecule has 1 atom stereocenters. The summed E-state index contributed by atoms with van der Waals surface area (Å²) in [7, 11) is 0. The van der Waals surface area contributed by atoms with Crippen LogP contribution in [-0.4, -0.2) is 48.4 Å². The molecule has 3 nitrogen and oxygen atoms in total. The Morgan fingerprint density at radius 3 is 2.35 bits per heavy atom. The molecule has 10 heteroatoms. The predicted octanol–water partition coefficient (Wildman–Crippen LogP) is 3.76. The van der Waals surface area contributed by atoms with Crippen LogP contribution >= 0.6 is 36.6 Å². The van der Waals surface area contributed by atoms with Gasteiger partial charge in [0, 0.05) is 36.6 Å². The van der Waals surface area contributed by atoms with E-state index in [1.54, 1.807) is 0 Å². The van der Waals surface area contributed by atoms with Gasteiger partial charge < -0.3 is 10.4 Å². The lowest BCUT2D eigenvalue weighted by atomic mass is 10.0. The highest BCUT2D eigenvalue weighted by Gasteiger charge is 2.31. The van der Waals surface area contributed by atoms with E-state index in [2.05, 4.69) is 5.32 Å². The van der Waals surface area contributed by atoms with Crippen molar-refractivity contribution in [2.75, 3.05) is 32.9 Å². The molecule has 2 rings (SSSR count). The van der Waals surface area contributed by atoms with Crippen molar-refractivity contribution in [3.8, 4) is 5.75 Å². The Kier molecular flexibility index (Phi) is 9.61. The fraction of sp³-hybridized carbons (Fsp3) is 0.538. The number of phenolic OH excluding ortho intramolecular Hbond substituents is 1. The number of aromatic hydroxyl groups is 1. The summed E-state index contributed by atoms with van der Waals surface area (Å²) in [5, 5.41) is 13.0. The molecule has 23 heavy (non-hydrogen) atoms. The third-order valence-corrected chi connectivity index (χ3v) is 4.05. The number of nitrogens with one attached hydrogen (secondary N) is 1. The van der Waals surface area contributed by atoms with Gasteiger partial charge in [-0.15, -0.1) is 24.8 Å². The second-order valence-electron chi connectivity index (χ2n) is 4.72. The van der Waals surface area contributed by atoms with Gasteiger partial charge in [-0.3, -0.25) is 4.90 Å². The van der Waals surface area contributed by atoms with Gasteiger partial charge in [-0.1, -0.05) is 0 Å². The van der Waals surface area contributed by atoms with E-state index in [4.69, 9.17) is 0 Å². The Hall–Kier alpha value is -0.410. The van der Waals surface area contributed by atoms with Crippen LogP contribution in [-0.2, 0) is 0 Å². The maximum absolute atomic E-state index is 13.4. The summed E-state index contributed by atoms with van der Waals surface area (Å²) in [5.41, 5.74) is -4.21. The highest BCUT2D eigenvalue weighted by Crippen LogP contribution is 2.40. The molecular weight excluding hydrogens is 379 g/mol. The smallest absolute Gasteiger partial charge is 0.446 e. The average Bonchev–Trinajstić information content (AvgIpc) is 2.43. The van der Waals surface area contributed by atoms with E-state index in [0.717, 1.165) is 0 Å². The van der Waals surface area contributed by atoms with E-state index in [9.17, 15) is 22.7 Å². The zero-order chi connectivity index (χ0) is 15.5. The number of hydrogen-bond acceptors (Lipinski definition) is 4. The molecule has 1 aliphatic rings. The second-order valence-corrected chi connectivity index (χ2v) is 5.86. The minimum atomic E-state index is -4.41. The summed E-state index contributed by atoms with van der Waals surface area (Å²) in [5.74, 6) is -0.178. The van der Waals surface area contributed by atoms with Crippen molar-refractivity contribution in [2.24, 2.45) is 0 Å². The molecule has 0 radical (unpaired) electrons. The molecule has 0 saturated carbocycles. The number of rotatable bonds is 4. The number of thioether (sulfide) groups is 1. The first kappa shape index (κ1) is 22.6. The maximum Gasteiger partial charge on any atom is 0.446 e. The van der Waals surface area contributed by atoms with E-state index < -0.39 is 18.2 Å². The molecule has 1 aromatic carbocycles. The van der Waals surface area contributed by atoms with Gasteiger partial charge in [-0.05, 0) is 30.0 Å². The molecule has 0 unspecified atom stereocenters.